The molecule has 0 spiro atoms. The Morgan fingerprint density at radius 1 is 1.19 bits per heavy atom. The minimum absolute atomic E-state index is 0. The van der Waals surface area contributed by atoms with E-state index in [1.54, 1.807) is 11.3 Å². The molecule has 142 valence electrons. The zero-order valence-corrected chi connectivity index (χ0v) is 18.8. The monoisotopic (exact) mass is 484 g/mol. The number of halogens is 1. The number of nitrogens with zero attached hydrogens (tertiary/aromatic N) is 2. The number of benzene rings is 1. The second-order valence-electron chi connectivity index (χ2n) is 6.62. The average molecular weight is 484 g/mol. The molecule has 0 radical (unpaired) electrons. The number of guanidine groups is 1. The van der Waals surface area contributed by atoms with Crippen molar-refractivity contribution in [2.45, 2.75) is 51.5 Å². The number of hydrogen-bond donors (Lipinski definition) is 2. The molecule has 0 atom stereocenters. The molecular formula is C20H29IN4S. The zero-order chi connectivity index (χ0) is 17.5. The molecule has 1 saturated carbocycles. The number of nitrogens with one attached hydrogen (secondary N) is 2. The van der Waals surface area contributed by atoms with E-state index in [2.05, 4.69) is 59.8 Å². The van der Waals surface area contributed by atoms with Crippen LogP contribution in [0.25, 0.3) is 0 Å². The summed E-state index contributed by atoms with van der Waals surface area (Å²) in [5.41, 5.74) is 1.70. The lowest BCUT2D eigenvalue weighted by Crippen LogP contribution is -2.48. The molecule has 4 nitrogen and oxygen atoms in total. The summed E-state index contributed by atoms with van der Waals surface area (Å²) in [7, 11) is 0. The van der Waals surface area contributed by atoms with E-state index in [0.29, 0.717) is 6.54 Å². The number of aryl methyl sites for hydroxylation is 1. The van der Waals surface area contributed by atoms with Crippen LogP contribution in [-0.4, -0.2) is 24.0 Å². The maximum atomic E-state index is 4.73. The summed E-state index contributed by atoms with van der Waals surface area (Å²) < 4.78 is 0. The predicted molar refractivity (Wildman–Crippen MR) is 122 cm³/mol. The Morgan fingerprint density at radius 3 is 2.54 bits per heavy atom. The summed E-state index contributed by atoms with van der Waals surface area (Å²) in [6, 6.07) is 10.9. The SMILES string of the molecule is CCNC(=NCc1ncc(CC)s1)NCC1(c2ccccc2)CCC1.I. The van der Waals surface area contributed by atoms with E-state index >= 15 is 0 Å². The molecule has 26 heavy (non-hydrogen) atoms. The molecule has 0 amide bonds. The number of aromatic nitrogens is 1. The van der Waals surface area contributed by atoms with E-state index in [-0.39, 0.29) is 29.4 Å². The highest BCUT2D eigenvalue weighted by atomic mass is 127. The average Bonchev–Trinajstić information content (AvgIpc) is 3.07. The molecule has 1 aromatic heterocycles. The Morgan fingerprint density at radius 2 is 1.96 bits per heavy atom. The van der Waals surface area contributed by atoms with E-state index in [9.17, 15) is 0 Å². The van der Waals surface area contributed by atoms with Crippen LogP contribution >= 0.6 is 35.3 Å². The van der Waals surface area contributed by atoms with Gasteiger partial charge in [-0.25, -0.2) is 9.98 Å². The van der Waals surface area contributed by atoms with Crippen molar-refractivity contribution in [1.82, 2.24) is 15.6 Å². The molecule has 1 aromatic carbocycles. The summed E-state index contributed by atoms with van der Waals surface area (Å²) >= 11 is 1.76. The summed E-state index contributed by atoms with van der Waals surface area (Å²) in [4.78, 5) is 10.5. The molecule has 1 heterocycles. The third-order valence-electron chi connectivity index (χ3n) is 4.96. The number of aliphatic imine (C=N–C) groups is 1. The van der Waals surface area contributed by atoms with Gasteiger partial charge in [-0.3, -0.25) is 0 Å². The first-order chi connectivity index (χ1) is 12.3. The maximum Gasteiger partial charge on any atom is 0.191 e. The van der Waals surface area contributed by atoms with Crippen molar-refractivity contribution in [3.8, 4) is 0 Å². The van der Waals surface area contributed by atoms with Crippen LogP contribution in [0.2, 0.25) is 0 Å². The lowest BCUT2D eigenvalue weighted by Gasteiger charge is -2.43. The normalized spacial score (nSPS) is 15.7. The Hall–Kier alpha value is -1.15. The number of hydrogen-bond acceptors (Lipinski definition) is 3. The highest BCUT2D eigenvalue weighted by Crippen LogP contribution is 2.43. The van der Waals surface area contributed by atoms with E-state index < -0.39 is 0 Å². The van der Waals surface area contributed by atoms with Crippen molar-refractivity contribution in [3.05, 3.63) is 52.0 Å². The van der Waals surface area contributed by atoms with Gasteiger partial charge in [0.15, 0.2) is 5.96 Å². The third kappa shape index (κ3) is 5.19. The van der Waals surface area contributed by atoms with Crippen LogP contribution in [0.1, 0.15) is 48.6 Å². The fraction of sp³-hybridized carbons (Fsp3) is 0.500. The van der Waals surface area contributed by atoms with E-state index in [4.69, 9.17) is 4.99 Å². The van der Waals surface area contributed by atoms with Crippen molar-refractivity contribution >= 4 is 41.3 Å². The Balaban J connectivity index is 0.00000243. The highest BCUT2D eigenvalue weighted by molar-refractivity contribution is 14.0. The van der Waals surface area contributed by atoms with Gasteiger partial charge in [0.2, 0.25) is 0 Å². The van der Waals surface area contributed by atoms with Crippen molar-refractivity contribution in [3.63, 3.8) is 0 Å². The molecule has 6 heteroatoms. The lowest BCUT2D eigenvalue weighted by molar-refractivity contribution is 0.244. The standard InChI is InChI=1S/C20H28N4S.HI/c1-3-17-13-22-18(25-17)14-23-19(21-4-2)24-15-20(11-8-12-20)16-9-6-5-7-10-16;/h5-7,9-10,13H,3-4,8,11-12,14-15H2,1-2H3,(H2,21,23,24);1H. The number of rotatable bonds is 7. The van der Waals surface area contributed by atoms with Crippen LogP contribution in [0.15, 0.2) is 41.5 Å². The second kappa shape index (κ2) is 10.3. The van der Waals surface area contributed by atoms with Gasteiger partial charge in [0.1, 0.15) is 5.01 Å². The lowest BCUT2D eigenvalue weighted by atomic mass is 9.64. The Labute approximate surface area is 177 Å². The van der Waals surface area contributed by atoms with E-state index in [0.717, 1.165) is 30.5 Å². The van der Waals surface area contributed by atoms with E-state index in [1.165, 1.54) is 29.7 Å². The van der Waals surface area contributed by atoms with Gasteiger partial charge in [-0.1, -0.05) is 43.7 Å². The van der Waals surface area contributed by atoms with Gasteiger partial charge in [0.25, 0.3) is 0 Å². The van der Waals surface area contributed by atoms with Gasteiger partial charge < -0.3 is 10.6 Å². The van der Waals surface area contributed by atoms with Crippen LogP contribution in [0, 0.1) is 0 Å². The smallest absolute Gasteiger partial charge is 0.191 e. The van der Waals surface area contributed by atoms with E-state index in [1.807, 2.05) is 6.20 Å². The first-order valence-electron chi connectivity index (χ1n) is 9.27. The van der Waals surface area contributed by atoms with Gasteiger partial charge in [-0.2, -0.15) is 0 Å². The van der Waals surface area contributed by atoms with Crippen LogP contribution in [0.5, 0.6) is 0 Å². The third-order valence-corrected chi connectivity index (χ3v) is 6.08. The summed E-state index contributed by atoms with van der Waals surface area (Å²) in [5, 5.41) is 8.01. The van der Waals surface area contributed by atoms with Gasteiger partial charge in [-0.05, 0) is 31.7 Å². The van der Waals surface area contributed by atoms with Gasteiger partial charge in [0.05, 0.1) is 6.54 Å². The largest absolute Gasteiger partial charge is 0.357 e. The summed E-state index contributed by atoms with van der Waals surface area (Å²) in [6.07, 6.45) is 6.81. The Bertz CT molecular complexity index is 695. The van der Waals surface area contributed by atoms with Crippen molar-refractivity contribution in [2.75, 3.05) is 13.1 Å². The minimum atomic E-state index is 0. The molecule has 1 aliphatic rings. The van der Waals surface area contributed by atoms with Gasteiger partial charge in [0, 0.05) is 29.6 Å². The second-order valence-corrected chi connectivity index (χ2v) is 7.82. The van der Waals surface area contributed by atoms with Crippen molar-refractivity contribution < 1.29 is 0 Å². The highest BCUT2D eigenvalue weighted by Gasteiger charge is 2.38. The summed E-state index contributed by atoms with van der Waals surface area (Å²) in [5.74, 6) is 0.887. The van der Waals surface area contributed by atoms with Crippen molar-refractivity contribution in [1.29, 1.82) is 0 Å². The molecule has 0 saturated heterocycles. The topological polar surface area (TPSA) is 49.3 Å². The summed E-state index contributed by atoms with van der Waals surface area (Å²) in [6.45, 7) is 6.70. The minimum Gasteiger partial charge on any atom is -0.357 e. The molecule has 2 N–H and O–H groups in total. The van der Waals surface area contributed by atoms with Gasteiger partial charge in [-0.15, -0.1) is 35.3 Å². The van der Waals surface area contributed by atoms with Crippen LogP contribution < -0.4 is 10.6 Å². The fourth-order valence-electron chi connectivity index (χ4n) is 3.29. The molecule has 0 bridgehead atoms. The molecule has 3 rings (SSSR count). The van der Waals surface area contributed by atoms with Gasteiger partial charge >= 0.3 is 0 Å². The van der Waals surface area contributed by atoms with Crippen LogP contribution in [0.3, 0.4) is 0 Å². The molecule has 1 aliphatic carbocycles. The maximum absolute atomic E-state index is 4.73. The quantitative estimate of drug-likeness (QED) is 0.346. The molecule has 0 unspecified atom stereocenters. The first-order valence-corrected chi connectivity index (χ1v) is 10.1. The molecular weight excluding hydrogens is 455 g/mol. The molecule has 2 aromatic rings. The van der Waals surface area contributed by atoms with Crippen molar-refractivity contribution in [2.24, 2.45) is 4.99 Å². The molecule has 1 fully saturated rings. The number of thiazole rings is 1. The first kappa shape index (κ1) is 21.2. The zero-order valence-electron chi connectivity index (χ0n) is 15.6. The molecule has 0 aliphatic heterocycles. The Kier molecular flexibility index (Phi) is 8.34. The fourth-order valence-corrected chi connectivity index (χ4v) is 4.08. The predicted octanol–water partition coefficient (Wildman–Crippen LogP) is 4.50. The van der Waals surface area contributed by atoms with Crippen LogP contribution in [0.4, 0.5) is 0 Å². The van der Waals surface area contributed by atoms with Crippen LogP contribution in [-0.2, 0) is 18.4 Å².